The molecule has 1 aliphatic rings. The molecule has 9 heteroatoms. The third-order valence-electron chi connectivity index (χ3n) is 5.84. The van der Waals surface area contributed by atoms with Gasteiger partial charge in [0.2, 0.25) is 15.9 Å². The molecule has 0 radical (unpaired) electrons. The quantitative estimate of drug-likeness (QED) is 0.542. The maximum Gasteiger partial charge on any atom is 0.243 e. The van der Waals surface area contributed by atoms with Gasteiger partial charge in [-0.15, -0.1) is 11.8 Å². The van der Waals surface area contributed by atoms with E-state index in [-0.39, 0.29) is 11.8 Å². The van der Waals surface area contributed by atoms with Crippen LogP contribution in [0.4, 0.5) is 5.13 Å². The van der Waals surface area contributed by atoms with E-state index >= 15 is 0 Å². The van der Waals surface area contributed by atoms with Crippen molar-refractivity contribution in [3.05, 3.63) is 47.5 Å². The number of sulfonamides is 1. The Labute approximate surface area is 191 Å². The fraction of sp³-hybridized carbons (Fsp3) is 0.364. The SMILES string of the molecule is CSc1ccc(S(=O)(=O)N2CCC(C(=O)Nc3nc4c(C)c(C)ccc4s3)CC2)cc1. The minimum Gasteiger partial charge on any atom is -0.302 e. The van der Waals surface area contributed by atoms with Crippen LogP contribution in [0.2, 0.25) is 0 Å². The number of piperidine rings is 1. The number of carbonyl (C=O) groups excluding carboxylic acids is 1. The van der Waals surface area contributed by atoms with Crippen molar-refractivity contribution in [2.45, 2.75) is 36.5 Å². The number of carbonyl (C=O) groups is 1. The highest BCUT2D eigenvalue weighted by molar-refractivity contribution is 7.98. The number of amides is 1. The van der Waals surface area contributed by atoms with Crippen molar-refractivity contribution < 1.29 is 13.2 Å². The minimum atomic E-state index is -3.54. The number of aromatic nitrogens is 1. The van der Waals surface area contributed by atoms with E-state index in [0.717, 1.165) is 20.7 Å². The molecule has 2 aromatic carbocycles. The van der Waals surface area contributed by atoms with Gasteiger partial charge in [-0.2, -0.15) is 4.31 Å². The summed E-state index contributed by atoms with van der Waals surface area (Å²) >= 11 is 3.04. The van der Waals surface area contributed by atoms with Crippen LogP contribution in [0, 0.1) is 19.8 Å². The molecule has 0 bridgehead atoms. The molecule has 0 spiro atoms. The number of thioether (sulfide) groups is 1. The van der Waals surface area contributed by atoms with E-state index in [1.807, 2.05) is 38.3 Å². The Morgan fingerprint density at radius 1 is 1.13 bits per heavy atom. The molecule has 1 fully saturated rings. The highest BCUT2D eigenvalue weighted by Crippen LogP contribution is 2.31. The molecule has 0 atom stereocenters. The third-order valence-corrected chi connectivity index (χ3v) is 9.43. The average molecular weight is 476 g/mol. The van der Waals surface area contributed by atoms with Gasteiger partial charge in [0.25, 0.3) is 0 Å². The van der Waals surface area contributed by atoms with Crippen LogP contribution in [0.25, 0.3) is 10.2 Å². The summed E-state index contributed by atoms with van der Waals surface area (Å²) < 4.78 is 28.4. The van der Waals surface area contributed by atoms with Crippen molar-refractivity contribution in [1.82, 2.24) is 9.29 Å². The molecule has 1 N–H and O–H groups in total. The fourth-order valence-corrected chi connectivity index (χ4v) is 6.55. The predicted octanol–water partition coefficient (Wildman–Crippen LogP) is 4.67. The lowest BCUT2D eigenvalue weighted by Gasteiger charge is -2.30. The van der Waals surface area contributed by atoms with Crippen molar-refractivity contribution in [2.24, 2.45) is 5.92 Å². The second kappa shape index (κ2) is 8.90. The first kappa shape index (κ1) is 22.3. The molecule has 4 rings (SSSR count). The van der Waals surface area contributed by atoms with E-state index in [2.05, 4.69) is 16.4 Å². The van der Waals surface area contributed by atoms with Gasteiger partial charge in [0.15, 0.2) is 5.13 Å². The Hall–Kier alpha value is -1.94. The Bertz CT molecular complexity index is 1210. The number of rotatable bonds is 5. The summed E-state index contributed by atoms with van der Waals surface area (Å²) in [5.41, 5.74) is 3.22. The van der Waals surface area contributed by atoms with E-state index in [4.69, 9.17) is 0 Å². The summed E-state index contributed by atoms with van der Waals surface area (Å²) in [4.78, 5) is 18.7. The van der Waals surface area contributed by atoms with Gasteiger partial charge in [0.1, 0.15) is 0 Å². The molecule has 0 saturated carbocycles. The smallest absolute Gasteiger partial charge is 0.243 e. The van der Waals surface area contributed by atoms with E-state index in [0.29, 0.717) is 36.0 Å². The number of thiazole rings is 1. The number of anilines is 1. The highest BCUT2D eigenvalue weighted by atomic mass is 32.2. The lowest BCUT2D eigenvalue weighted by molar-refractivity contribution is -0.120. The number of hydrogen-bond donors (Lipinski definition) is 1. The molecule has 0 aliphatic carbocycles. The monoisotopic (exact) mass is 475 g/mol. The molecule has 1 aromatic heterocycles. The van der Waals surface area contributed by atoms with Crippen molar-refractivity contribution in [2.75, 3.05) is 24.7 Å². The van der Waals surface area contributed by atoms with Crippen molar-refractivity contribution in [3.63, 3.8) is 0 Å². The average Bonchev–Trinajstić information content (AvgIpc) is 3.19. The summed E-state index contributed by atoms with van der Waals surface area (Å²) in [5.74, 6) is -0.310. The fourth-order valence-electron chi connectivity index (χ4n) is 3.74. The van der Waals surface area contributed by atoms with Gasteiger partial charge in [-0.05, 0) is 74.4 Å². The second-order valence-electron chi connectivity index (χ2n) is 7.72. The molecular weight excluding hydrogens is 450 g/mol. The van der Waals surface area contributed by atoms with Gasteiger partial charge >= 0.3 is 0 Å². The lowest BCUT2D eigenvalue weighted by atomic mass is 9.97. The van der Waals surface area contributed by atoms with Crippen LogP contribution in [0.5, 0.6) is 0 Å². The molecule has 0 unspecified atom stereocenters. The van der Waals surface area contributed by atoms with E-state index < -0.39 is 10.0 Å². The largest absolute Gasteiger partial charge is 0.302 e. The normalized spacial score (nSPS) is 16.0. The molecule has 1 aliphatic heterocycles. The summed E-state index contributed by atoms with van der Waals surface area (Å²) in [6.45, 7) is 4.75. The van der Waals surface area contributed by atoms with Gasteiger partial charge in [-0.3, -0.25) is 4.79 Å². The molecule has 164 valence electrons. The predicted molar refractivity (Wildman–Crippen MR) is 127 cm³/mol. The summed E-state index contributed by atoms with van der Waals surface area (Å²) in [6, 6.07) is 11.0. The van der Waals surface area contributed by atoms with Crippen LogP contribution in [0.3, 0.4) is 0 Å². The van der Waals surface area contributed by atoms with Crippen LogP contribution in [0.1, 0.15) is 24.0 Å². The number of fused-ring (bicyclic) bond motifs is 1. The van der Waals surface area contributed by atoms with Crippen molar-refractivity contribution >= 4 is 54.4 Å². The summed E-state index contributed by atoms with van der Waals surface area (Å²) in [6.07, 6.45) is 2.95. The van der Waals surface area contributed by atoms with Gasteiger partial charge in [-0.25, -0.2) is 13.4 Å². The van der Waals surface area contributed by atoms with E-state index in [9.17, 15) is 13.2 Å². The third kappa shape index (κ3) is 4.50. The summed E-state index contributed by atoms with van der Waals surface area (Å²) in [5, 5.41) is 3.54. The van der Waals surface area contributed by atoms with Crippen LogP contribution in [-0.2, 0) is 14.8 Å². The van der Waals surface area contributed by atoms with Crippen LogP contribution >= 0.6 is 23.1 Å². The first-order valence-electron chi connectivity index (χ1n) is 10.1. The van der Waals surface area contributed by atoms with E-state index in [1.54, 1.807) is 23.9 Å². The zero-order valence-electron chi connectivity index (χ0n) is 17.7. The Kier molecular flexibility index (Phi) is 6.39. The Morgan fingerprint density at radius 2 is 1.81 bits per heavy atom. The number of hydrogen-bond acceptors (Lipinski definition) is 6. The number of benzene rings is 2. The molecule has 6 nitrogen and oxygen atoms in total. The topological polar surface area (TPSA) is 79.4 Å². The molecule has 1 saturated heterocycles. The number of nitrogens with zero attached hydrogens (tertiary/aromatic N) is 2. The van der Waals surface area contributed by atoms with Crippen molar-refractivity contribution in [3.8, 4) is 0 Å². The first-order chi connectivity index (χ1) is 14.8. The summed E-state index contributed by atoms with van der Waals surface area (Å²) in [7, 11) is -3.54. The standard InChI is InChI=1S/C22H25N3O3S3/c1-14-4-9-19-20(15(14)2)23-22(30-19)24-21(26)16-10-12-25(13-11-16)31(27,28)18-7-5-17(29-3)6-8-18/h4-9,16H,10-13H2,1-3H3,(H,23,24,26). The maximum absolute atomic E-state index is 12.9. The van der Waals surface area contributed by atoms with Gasteiger partial charge in [0.05, 0.1) is 15.1 Å². The number of aryl methyl sites for hydroxylation is 2. The van der Waals surface area contributed by atoms with Crippen LogP contribution in [-0.4, -0.2) is 43.0 Å². The van der Waals surface area contributed by atoms with Gasteiger partial charge in [-0.1, -0.05) is 17.4 Å². The van der Waals surface area contributed by atoms with Gasteiger partial charge < -0.3 is 5.32 Å². The number of nitrogens with one attached hydrogen (secondary N) is 1. The van der Waals surface area contributed by atoms with Crippen LogP contribution < -0.4 is 5.32 Å². The molecule has 31 heavy (non-hydrogen) atoms. The molecule has 1 amide bonds. The van der Waals surface area contributed by atoms with E-state index in [1.165, 1.54) is 21.2 Å². The first-order valence-corrected chi connectivity index (χ1v) is 13.6. The minimum absolute atomic E-state index is 0.0881. The molecule has 3 aromatic rings. The zero-order valence-corrected chi connectivity index (χ0v) is 20.2. The Morgan fingerprint density at radius 3 is 2.45 bits per heavy atom. The second-order valence-corrected chi connectivity index (χ2v) is 11.6. The maximum atomic E-state index is 12.9. The van der Waals surface area contributed by atoms with Gasteiger partial charge in [0, 0.05) is 23.9 Å². The Balaban J connectivity index is 1.40. The molecule has 2 heterocycles. The molecular formula is C22H25N3O3S3. The highest BCUT2D eigenvalue weighted by Gasteiger charge is 2.32. The van der Waals surface area contributed by atoms with Crippen LogP contribution in [0.15, 0.2) is 46.2 Å². The lowest BCUT2D eigenvalue weighted by Crippen LogP contribution is -2.41. The van der Waals surface area contributed by atoms with Crippen molar-refractivity contribution in [1.29, 1.82) is 0 Å². The zero-order chi connectivity index (χ0) is 22.2.